The maximum absolute atomic E-state index is 5.12. The Morgan fingerprint density at radius 3 is 1.95 bits per heavy atom. The first-order chi connectivity index (χ1) is 20.2. The highest BCUT2D eigenvalue weighted by Crippen LogP contribution is 2.37. The number of hydrogen-bond acceptors (Lipinski definition) is 2. The molecule has 0 atom stereocenters. The van der Waals surface area contributed by atoms with Crippen LogP contribution in [0, 0.1) is 6.92 Å². The lowest BCUT2D eigenvalue weighted by atomic mass is 10.1. The van der Waals surface area contributed by atoms with E-state index in [0.29, 0.717) is 0 Å². The van der Waals surface area contributed by atoms with Crippen LogP contribution in [0.2, 0.25) is 0 Å². The van der Waals surface area contributed by atoms with Gasteiger partial charge in [-0.25, -0.2) is 9.97 Å². The van der Waals surface area contributed by atoms with E-state index in [9.17, 15) is 0 Å². The second kappa shape index (κ2) is 9.32. The minimum absolute atomic E-state index is 0.946. The first-order valence-electron chi connectivity index (χ1n) is 13.8. The standard InChI is InChI=1S/C37H26N4/c1-25-11-10-19-38-37(25)40-20-18-28-21-31-30-16-8-9-17-34(30)41(36(31)24-35(28)40)29-22-32(26-12-4-2-5-13-26)39-33(23-29)27-14-6-3-7-15-27/h2-24H,1H3. The summed E-state index contributed by atoms with van der Waals surface area (Å²) in [6, 6.07) is 44.8. The van der Waals surface area contributed by atoms with E-state index in [1.807, 2.05) is 24.4 Å². The first-order valence-corrected chi connectivity index (χ1v) is 13.8. The van der Waals surface area contributed by atoms with Crippen LogP contribution in [0.3, 0.4) is 0 Å². The minimum Gasteiger partial charge on any atom is -0.309 e. The Hall–Kier alpha value is -5.48. The van der Waals surface area contributed by atoms with Crippen LogP contribution in [0.5, 0.6) is 0 Å². The maximum atomic E-state index is 5.12. The third-order valence-electron chi connectivity index (χ3n) is 7.90. The van der Waals surface area contributed by atoms with Gasteiger partial charge in [0.1, 0.15) is 5.82 Å². The molecule has 0 saturated heterocycles. The van der Waals surface area contributed by atoms with E-state index in [0.717, 1.165) is 50.6 Å². The van der Waals surface area contributed by atoms with Gasteiger partial charge in [0.05, 0.1) is 33.6 Å². The summed E-state index contributed by atoms with van der Waals surface area (Å²) in [5.41, 5.74) is 9.74. The van der Waals surface area contributed by atoms with Crippen molar-refractivity contribution >= 4 is 32.7 Å². The molecule has 0 N–H and O–H groups in total. The van der Waals surface area contributed by atoms with Crippen LogP contribution in [0.1, 0.15) is 5.56 Å². The Bertz CT molecular complexity index is 2150. The molecule has 0 saturated carbocycles. The second-order valence-electron chi connectivity index (χ2n) is 10.4. The third-order valence-corrected chi connectivity index (χ3v) is 7.90. The summed E-state index contributed by atoms with van der Waals surface area (Å²) < 4.78 is 4.58. The molecule has 8 rings (SSSR count). The zero-order chi connectivity index (χ0) is 27.3. The number of pyridine rings is 2. The second-order valence-corrected chi connectivity index (χ2v) is 10.4. The summed E-state index contributed by atoms with van der Waals surface area (Å²) in [5, 5.41) is 3.64. The number of rotatable bonds is 4. The van der Waals surface area contributed by atoms with Crippen LogP contribution in [0.4, 0.5) is 0 Å². The lowest BCUT2D eigenvalue weighted by molar-refractivity contribution is 1.02. The fourth-order valence-electron chi connectivity index (χ4n) is 5.95. The molecule has 41 heavy (non-hydrogen) atoms. The van der Waals surface area contributed by atoms with E-state index in [-0.39, 0.29) is 0 Å². The average molecular weight is 527 g/mol. The van der Waals surface area contributed by atoms with Crippen molar-refractivity contribution in [2.24, 2.45) is 0 Å². The van der Waals surface area contributed by atoms with Crippen molar-refractivity contribution in [1.82, 2.24) is 19.1 Å². The normalized spacial score (nSPS) is 11.5. The summed E-state index contributed by atoms with van der Waals surface area (Å²) >= 11 is 0. The number of hydrogen-bond donors (Lipinski definition) is 0. The van der Waals surface area contributed by atoms with Crippen molar-refractivity contribution in [3.05, 3.63) is 145 Å². The largest absolute Gasteiger partial charge is 0.309 e. The molecule has 0 aliphatic heterocycles. The van der Waals surface area contributed by atoms with Crippen LogP contribution >= 0.6 is 0 Å². The third kappa shape index (κ3) is 3.84. The monoisotopic (exact) mass is 526 g/mol. The molecule has 0 unspecified atom stereocenters. The fraction of sp³-hybridized carbons (Fsp3) is 0.0270. The van der Waals surface area contributed by atoms with Gasteiger partial charge >= 0.3 is 0 Å². The highest BCUT2D eigenvalue weighted by molar-refractivity contribution is 6.13. The van der Waals surface area contributed by atoms with E-state index in [1.54, 1.807) is 0 Å². The van der Waals surface area contributed by atoms with Crippen LogP contribution in [0.15, 0.2) is 140 Å². The van der Waals surface area contributed by atoms with Crippen molar-refractivity contribution in [3.63, 3.8) is 0 Å². The van der Waals surface area contributed by atoms with Crippen molar-refractivity contribution in [1.29, 1.82) is 0 Å². The highest BCUT2D eigenvalue weighted by atomic mass is 15.1. The molecule has 0 spiro atoms. The summed E-state index contributed by atoms with van der Waals surface area (Å²) in [5.74, 6) is 0.950. The molecule has 4 heterocycles. The minimum atomic E-state index is 0.946. The molecule has 194 valence electrons. The lowest BCUT2D eigenvalue weighted by Gasteiger charge is -2.13. The Morgan fingerprint density at radius 1 is 0.561 bits per heavy atom. The summed E-state index contributed by atoms with van der Waals surface area (Å²) in [4.78, 5) is 9.84. The van der Waals surface area contributed by atoms with Gasteiger partial charge in [-0.3, -0.25) is 0 Å². The number of benzene rings is 4. The molecular weight excluding hydrogens is 500 g/mol. The molecule has 0 amide bonds. The smallest absolute Gasteiger partial charge is 0.139 e. The van der Waals surface area contributed by atoms with Crippen LogP contribution < -0.4 is 0 Å². The van der Waals surface area contributed by atoms with Gasteiger partial charge < -0.3 is 9.13 Å². The van der Waals surface area contributed by atoms with Gasteiger partial charge in [0, 0.05) is 39.7 Å². The summed E-state index contributed by atoms with van der Waals surface area (Å²) in [6.45, 7) is 2.11. The van der Waals surface area contributed by atoms with E-state index in [1.165, 1.54) is 21.7 Å². The molecule has 4 nitrogen and oxygen atoms in total. The summed E-state index contributed by atoms with van der Waals surface area (Å²) in [7, 11) is 0. The molecule has 4 aromatic carbocycles. The first kappa shape index (κ1) is 23.4. The van der Waals surface area contributed by atoms with Gasteiger partial charge in [-0.2, -0.15) is 0 Å². The van der Waals surface area contributed by atoms with Gasteiger partial charge in [-0.1, -0.05) is 84.9 Å². The number of nitrogens with zero attached hydrogens (tertiary/aromatic N) is 4. The SMILES string of the molecule is Cc1cccnc1-n1ccc2cc3c4ccccc4n(-c4cc(-c5ccccc5)nc(-c5ccccc5)c4)c3cc21. The number of aryl methyl sites for hydroxylation is 1. The maximum Gasteiger partial charge on any atom is 0.139 e. The van der Waals surface area contributed by atoms with Gasteiger partial charge in [0.15, 0.2) is 0 Å². The van der Waals surface area contributed by atoms with Crippen LogP contribution in [-0.2, 0) is 0 Å². The van der Waals surface area contributed by atoms with E-state index < -0.39 is 0 Å². The predicted molar refractivity (Wildman–Crippen MR) is 169 cm³/mol. The molecule has 0 fully saturated rings. The van der Waals surface area contributed by atoms with Crippen LogP contribution in [-0.4, -0.2) is 19.1 Å². The number of fused-ring (bicyclic) bond motifs is 4. The Balaban J connectivity index is 1.45. The van der Waals surface area contributed by atoms with Crippen molar-refractivity contribution in [2.45, 2.75) is 6.92 Å². The molecular formula is C37H26N4. The lowest BCUT2D eigenvalue weighted by Crippen LogP contribution is -2.00. The zero-order valence-electron chi connectivity index (χ0n) is 22.6. The molecule has 4 aromatic heterocycles. The zero-order valence-corrected chi connectivity index (χ0v) is 22.6. The van der Waals surface area contributed by atoms with Crippen LogP contribution in [0.25, 0.3) is 66.7 Å². The summed E-state index contributed by atoms with van der Waals surface area (Å²) in [6.07, 6.45) is 3.98. The number of aromatic nitrogens is 4. The van der Waals surface area contributed by atoms with Crippen molar-refractivity contribution < 1.29 is 0 Å². The molecule has 0 aliphatic carbocycles. The average Bonchev–Trinajstić information content (AvgIpc) is 3.59. The Kier molecular flexibility index (Phi) is 5.32. The van der Waals surface area contributed by atoms with Gasteiger partial charge in [0.25, 0.3) is 0 Å². The Morgan fingerprint density at radius 2 is 1.24 bits per heavy atom. The molecule has 0 bridgehead atoms. The topological polar surface area (TPSA) is 35.6 Å². The van der Waals surface area contributed by atoms with E-state index in [2.05, 4.69) is 131 Å². The van der Waals surface area contributed by atoms with Gasteiger partial charge in [-0.05, 0) is 55.0 Å². The molecule has 0 aliphatic rings. The molecule has 8 aromatic rings. The van der Waals surface area contributed by atoms with E-state index >= 15 is 0 Å². The fourth-order valence-corrected chi connectivity index (χ4v) is 5.95. The van der Waals surface area contributed by atoms with E-state index in [4.69, 9.17) is 9.97 Å². The van der Waals surface area contributed by atoms with Crippen molar-refractivity contribution in [3.8, 4) is 34.0 Å². The van der Waals surface area contributed by atoms with Crippen molar-refractivity contribution in [2.75, 3.05) is 0 Å². The Labute approximate surface area is 237 Å². The highest BCUT2D eigenvalue weighted by Gasteiger charge is 2.17. The molecule has 4 heteroatoms. The number of para-hydroxylation sites is 1. The van der Waals surface area contributed by atoms with Gasteiger partial charge in [-0.15, -0.1) is 0 Å². The quantitative estimate of drug-likeness (QED) is 0.229. The predicted octanol–water partition coefficient (Wildman–Crippen LogP) is 9.16. The molecule has 0 radical (unpaired) electrons. The van der Waals surface area contributed by atoms with Gasteiger partial charge in [0.2, 0.25) is 0 Å².